The predicted molar refractivity (Wildman–Crippen MR) is 112 cm³/mol. The van der Waals surface area contributed by atoms with Gasteiger partial charge >= 0.3 is 0 Å². The fourth-order valence-corrected chi connectivity index (χ4v) is 4.16. The summed E-state index contributed by atoms with van der Waals surface area (Å²) in [6, 6.07) is 21.5. The van der Waals surface area contributed by atoms with E-state index < -0.39 is 0 Å². The van der Waals surface area contributed by atoms with E-state index in [1.54, 1.807) is 0 Å². The van der Waals surface area contributed by atoms with Gasteiger partial charge < -0.3 is 13.9 Å². The van der Waals surface area contributed by atoms with E-state index in [4.69, 9.17) is 13.9 Å². The second kappa shape index (κ2) is 6.46. The van der Waals surface area contributed by atoms with Gasteiger partial charge in [0.05, 0.1) is 5.41 Å². The lowest BCUT2D eigenvalue weighted by atomic mass is 9.87. The molecule has 0 unspecified atom stereocenters. The number of ether oxygens (including phenoxy) is 2. The number of nitrogens with zero attached hydrogens (tertiary/aromatic N) is 1. The fourth-order valence-electron chi connectivity index (χ4n) is 4.16. The molecule has 1 aliphatic heterocycles. The van der Waals surface area contributed by atoms with E-state index in [0.717, 1.165) is 52.1 Å². The van der Waals surface area contributed by atoms with Crippen LogP contribution in [0.4, 0.5) is 0 Å². The van der Waals surface area contributed by atoms with Crippen molar-refractivity contribution in [1.29, 1.82) is 0 Å². The number of hydrogen-bond acceptors (Lipinski definition) is 5. The molecule has 0 radical (unpaired) electrons. The summed E-state index contributed by atoms with van der Waals surface area (Å²) in [5.41, 5.74) is 4.14. The van der Waals surface area contributed by atoms with Crippen molar-refractivity contribution in [2.24, 2.45) is 0 Å². The highest BCUT2D eigenvalue weighted by atomic mass is 16.7. The number of carbonyl (C=O) groups excluding carboxylic acids is 1. The smallest absolute Gasteiger partial charge is 0.231 e. The van der Waals surface area contributed by atoms with Crippen molar-refractivity contribution >= 4 is 16.9 Å². The normalized spacial score (nSPS) is 16.0. The molecule has 1 fully saturated rings. The van der Waals surface area contributed by atoms with Crippen molar-refractivity contribution in [3.63, 3.8) is 0 Å². The largest absolute Gasteiger partial charge is 0.454 e. The van der Waals surface area contributed by atoms with Crippen LogP contribution in [0.1, 0.15) is 24.0 Å². The molecule has 0 saturated heterocycles. The van der Waals surface area contributed by atoms with Crippen molar-refractivity contribution in [3.8, 4) is 23.0 Å². The maximum absolute atomic E-state index is 13.2. The van der Waals surface area contributed by atoms with E-state index in [2.05, 4.69) is 4.98 Å². The first kappa shape index (κ1) is 17.3. The van der Waals surface area contributed by atoms with Gasteiger partial charge in [-0.15, -0.1) is 0 Å². The molecular weight excluding hydrogens is 378 g/mol. The minimum atomic E-state index is -0.389. The van der Waals surface area contributed by atoms with Gasteiger partial charge in [0.2, 0.25) is 12.7 Å². The Labute approximate surface area is 173 Å². The molecule has 0 bridgehead atoms. The first-order valence-corrected chi connectivity index (χ1v) is 10.1. The standard InChI is InChI=1S/C25H19NO4/c27-23(25(11-12-25)18-9-10-21-22(14-18)29-15-28-21)13-16-5-7-17(8-6-16)24-26-19-3-1-2-4-20(19)30-24/h1-10,14H,11-13,15H2. The lowest BCUT2D eigenvalue weighted by Crippen LogP contribution is -2.22. The van der Waals surface area contributed by atoms with Crippen LogP contribution in [0.3, 0.4) is 0 Å². The van der Waals surface area contributed by atoms with Gasteiger partial charge in [0.25, 0.3) is 0 Å². The van der Waals surface area contributed by atoms with Crippen LogP contribution in [0.2, 0.25) is 0 Å². The molecule has 3 aromatic carbocycles. The Balaban J connectivity index is 1.22. The molecule has 1 aliphatic carbocycles. The topological polar surface area (TPSA) is 61.6 Å². The van der Waals surface area contributed by atoms with Gasteiger partial charge in [0.15, 0.2) is 17.1 Å². The first-order valence-electron chi connectivity index (χ1n) is 10.1. The molecule has 6 rings (SSSR count). The molecular formula is C25H19NO4. The Morgan fingerprint density at radius 1 is 0.933 bits per heavy atom. The third-order valence-electron chi connectivity index (χ3n) is 6.07. The Kier molecular flexibility index (Phi) is 3.72. The number of hydrogen-bond donors (Lipinski definition) is 0. The van der Waals surface area contributed by atoms with E-state index >= 15 is 0 Å². The summed E-state index contributed by atoms with van der Waals surface area (Å²) in [4.78, 5) is 17.7. The summed E-state index contributed by atoms with van der Waals surface area (Å²) in [6.45, 7) is 0.242. The molecule has 0 spiro atoms. The van der Waals surface area contributed by atoms with Gasteiger partial charge in [0.1, 0.15) is 11.3 Å². The van der Waals surface area contributed by atoms with Crippen LogP contribution >= 0.6 is 0 Å². The maximum Gasteiger partial charge on any atom is 0.231 e. The fraction of sp³-hybridized carbons (Fsp3) is 0.200. The zero-order valence-corrected chi connectivity index (χ0v) is 16.3. The average molecular weight is 397 g/mol. The van der Waals surface area contributed by atoms with Crippen LogP contribution in [0, 0.1) is 0 Å². The van der Waals surface area contributed by atoms with Crippen LogP contribution in [0.25, 0.3) is 22.6 Å². The van der Waals surface area contributed by atoms with Gasteiger partial charge in [-0.2, -0.15) is 0 Å². The van der Waals surface area contributed by atoms with Crippen LogP contribution < -0.4 is 9.47 Å². The number of ketones is 1. The van der Waals surface area contributed by atoms with Gasteiger partial charge in [-0.25, -0.2) is 4.98 Å². The van der Waals surface area contributed by atoms with Crippen molar-refractivity contribution in [3.05, 3.63) is 77.9 Å². The average Bonchev–Trinajstić information content (AvgIpc) is 3.26. The van der Waals surface area contributed by atoms with E-state index in [1.807, 2.05) is 66.7 Å². The van der Waals surface area contributed by atoms with E-state index in [-0.39, 0.29) is 18.0 Å². The molecule has 5 nitrogen and oxygen atoms in total. The number of carbonyl (C=O) groups is 1. The molecule has 2 heterocycles. The number of rotatable bonds is 5. The predicted octanol–water partition coefficient (Wildman–Crippen LogP) is 5.07. The van der Waals surface area contributed by atoms with Crippen LogP contribution in [0.5, 0.6) is 11.5 Å². The Hall–Kier alpha value is -3.60. The minimum Gasteiger partial charge on any atom is -0.454 e. The Bertz CT molecular complexity index is 1240. The molecule has 0 atom stereocenters. The van der Waals surface area contributed by atoms with Crippen molar-refractivity contribution in [2.75, 3.05) is 6.79 Å². The maximum atomic E-state index is 13.2. The molecule has 4 aromatic rings. The molecule has 30 heavy (non-hydrogen) atoms. The van der Waals surface area contributed by atoms with Gasteiger partial charge in [-0.05, 0) is 60.4 Å². The highest BCUT2D eigenvalue weighted by Crippen LogP contribution is 2.51. The van der Waals surface area contributed by atoms with Crippen molar-refractivity contribution in [2.45, 2.75) is 24.7 Å². The first-order chi connectivity index (χ1) is 14.7. The Morgan fingerprint density at radius 3 is 2.53 bits per heavy atom. The van der Waals surface area contributed by atoms with Crippen LogP contribution in [-0.4, -0.2) is 17.6 Å². The molecule has 1 saturated carbocycles. The quantitative estimate of drug-likeness (QED) is 0.471. The summed E-state index contributed by atoms with van der Waals surface area (Å²) in [5.74, 6) is 2.31. The van der Waals surface area contributed by atoms with Crippen LogP contribution in [0.15, 0.2) is 71.1 Å². The highest BCUT2D eigenvalue weighted by molar-refractivity contribution is 5.94. The zero-order valence-electron chi connectivity index (χ0n) is 16.3. The minimum absolute atomic E-state index is 0.242. The third-order valence-corrected chi connectivity index (χ3v) is 6.07. The van der Waals surface area contributed by atoms with Gasteiger partial charge in [-0.3, -0.25) is 4.79 Å². The van der Waals surface area contributed by atoms with E-state index in [1.165, 1.54) is 0 Å². The van der Waals surface area contributed by atoms with Crippen molar-refractivity contribution < 1.29 is 18.7 Å². The molecule has 0 N–H and O–H groups in total. The van der Waals surface area contributed by atoms with Crippen molar-refractivity contribution in [1.82, 2.24) is 4.98 Å². The molecule has 2 aliphatic rings. The molecule has 148 valence electrons. The summed E-state index contributed by atoms with van der Waals surface area (Å²) in [7, 11) is 0. The molecule has 1 aromatic heterocycles. The number of oxazole rings is 1. The lowest BCUT2D eigenvalue weighted by Gasteiger charge is -2.15. The highest BCUT2D eigenvalue weighted by Gasteiger charge is 2.50. The molecule has 0 amide bonds. The number of aromatic nitrogens is 1. The zero-order chi connectivity index (χ0) is 20.1. The SMILES string of the molecule is O=C(Cc1ccc(-c2nc3ccccc3o2)cc1)C1(c2ccc3c(c2)OCO3)CC1. The summed E-state index contributed by atoms with van der Waals surface area (Å²) in [5, 5.41) is 0. The van der Waals surface area contributed by atoms with Gasteiger partial charge in [0, 0.05) is 12.0 Å². The second-order valence-corrected chi connectivity index (χ2v) is 7.93. The number of para-hydroxylation sites is 2. The lowest BCUT2D eigenvalue weighted by molar-refractivity contribution is -0.120. The monoisotopic (exact) mass is 397 g/mol. The number of fused-ring (bicyclic) bond motifs is 2. The summed E-state index contributed by atoms with van der Waals surface area (Å²) in [6.07, 6.45) is 2.17. The number of Topliss-reactive ketones (excluding diaryl/α,β-unsaturated/α-hetero) is 1. The van der Waals surface area contributed by atoms with Gasteiger partial charge in [-0.1, -0.05) is 30.3 Å². The number of benzene rings is 3. The second-order valence-electron chi connectivity index (χ2n) is 7.93. The van der Waals surface area contributed by atoms with E-state index in [0.29, 0.717) is 12.3 Å². The van der Waals surface area contributed by atoms with Crippen LogP contribution in [-0.2, 0) is 16.6 Å². The summed E-state index contributed by atoms with van der Waals surface area (Å²) < 4.78 is 16.7. The molecule has 5 heteroatoms. The Morgan fingerprint density at radius 2 is 1.73 bits per heavy atom. The summed E-state index contributed by atoms with van der Waals surface area (Å²) >= 11 is 0. The van der Waals surface area contributed by atoms with E-state index in [9.17, 15) is 4.79 Å². The third kappa shape index (κ3) is 2.77.